The number of piperidine rings is 1. The Morgan fingerprint density at radius 2 is 2.08 bits per heavy atom. The van der Waals surface area contributed by atoms with Crippen LogP contribution in [0.4, 0.5) is 0 Å². The van der Waals surface area contributed by atoms with E-state index < -0.39 is 10.0 Å². The predicted molar refractivity (Wildman–Crippen MR) is 94.6 cm³/mol. The third kappa shape index (κ3) is 3.14. The molecule has 1 aliphatic heterocycles. The van der Waals surface area contributed by atoms with Gasteiger partial charge in [0.2, 0.25) is 15.8 Å². The number of hydrogen-bond donors (Lipinski definition) is 0. The first-order valence-electron chi connectivity index (χ1n) is 8.23. The molecule has 0 amide bonds. The summed E-state index contributed by atoms with van der Waals surface area (Å²) in [7, 11) is -3.17. The van der Waals surface area contributed by atoms with E-state index in [1.165, 1.54) is 6.26 Å². The first-order valence-corrected chi connectivity index (χ1v) is 10.1. The molecular weight excluding hydrogens is 338 g/mol. The summed E-state index contributed by atoms with van der Waals surface area (Å²) >= 11 is 0. The van der Waals surface area contributed by atoms with Gasteiger partial charge in [-0.3, -0.25) is 9.38 Å². The molecule has 4 rings (SSSR count). The van der Waals surface area contributed by atoms with Crippen molar-refractivity contribution in [2.24, 2.45) is 0 Å². The van der Waals surface area contributed by atoms with Crippen molar-refractivity contribution >= 4 is 15.8 Å². The van der Waals surface area contributed by atoms with Gasteiger partial charge >= 0.3 is 0 Å². The van der Waals surface area contributed by atoms with Gasteiger partial charge in [0, 0.05) is 37.1 Å². The van der Waals surface area contributed by atoms with E-state index in [0.717, 1.165) is 29.9 Å². The summed E-state index contributed by atoms with van der Waals surface area (Å²) in [6, 6.07) is 7.73. The van der Waals surface area contributed by atoms with E-state index in [1.54, 1.807) is 16.7 Å². The fourth-order valence-electron chi connectivity index (χ4n) is 3.32. The minimum absolute atomic E-state index is 0.112. The van der Waals surface area contributed by atoms with Crippen LogP contribution in [0.5, 0.6) is 0 Å². The van der Waals surface area contributed by atoms with Gasteiger partial charge in [-0.25, -0.2) is 22.7 Å². The molecule has 0 aliphatic carbocycles. The summed E-state index contributed by atoms with van der Waals surface area (Å²) in [5.41, 5.74) is 2.61. The Morgan fingerprint density at radius 3 is 2.92 bits per heavy atom. The van der Waals surface area contributed by atoms with Crippen LogP contribution in [-0.2, 0) is 10.0 Å². The van der Waals surface area contributed by atoms with Crippen LogP contribution in [0.2, 0.25) is 0 Å². The zero-order chi connectivity index (χ0) is 17.4. The lowest BCUT2D eigenvalue weighted by molar-refractivity contribution is 0.314. The lowest BCUT2D eigenvalue weighted by Crippen LogP contribution is -2.38. The fraction of sp³-hybridized carbons (Fsp3) is 0.353. The van der Waals surface area contributed by atoms with Crippen molar-refractivity contribution < 1.29 is 8.42 Å². The van der Waals surface area contributed by atoms with Crippen molar-refractivity contribution in [3.8, 4) is 11.4 Å². The monoisotopic (exact) mass is 357 g/mol. The molecule has 1 unspecified atom stereocenters. The Hall–Kier alpha value is -2.32. The highest BCUT2D eigenvalue weighted by atomic mass is 32.2. The molecule has 0 saturated carbocycles. The third-order valence-electron chi connectivity index (χ3n) is 4.59. The first-order chi connectivity index (χ1) is 12.0. The summed E-state index contributed by atoms with van der Waals surface area (Å²) in [6.45, 7) is 1.08. The number of hydrogen-bond acceptors (Lipinski definition) is 5. The van der Waals surface area contributed by atoms with Gasteiger partial charge in [-0.1, -0.05) is 6.07 Å². The van der Waals surface area contributed by atoms with Crippen LogP contribution < -0.4 is 0 Å². The van der Waals surface area contributed by atoms with Gasteiger partial charge in [0.05, 0.1) is 23.8 Å². The molecule has 3 aromatic heterocycles. The summed E-state index contributed by atoms with van der Waals surface area (Å²) < 4.78 is 27.1. The standard InChI is InChI=1S/C17H19N5O2S/c1-25(23,24)21-9-3-5-13(12-21)14-6-2-7-15(20-14)16-11-19-17-18-8-4-10-22(16)17/h2,4,6-8,10-11,13H,3,5,9,12H2,1H3. The fourth-order valence-corrected chi connectivity index (χ4v) is 4.24. The summed E-state index contributed by atoms with van der Waals surface area (Å²) in [6.07, 6.45) is 8.44. The van der Waals surface area contributed by atoms with Crippen LogP contribution in [0.3, 0.4) is 0 Å². The minimum atomic E-state index is -3.17. The number of aromatic nitrogens is 4. The molecule has 1 atom stereocenters. The summed E-state index contributed by atoms with van der Waals surface area (Å²) in [5, 5.41) is 0. The van der Waals surface area contributed by atoms with Gasteiger partial charge in [0.25, 0.3) is 0 Å². The van der Waals surface area contributed by atoms with Crippen molar-refractivity contribution in [1.82, 2.24) is 23.7 Å². The molecule has 0 bridgehead atoms. The van der Waals surface area contributed by atoms with Crippen LogP contribution in [0, 0.1) is 0 Å². The predicted octanol–water partition coefficient (Wildman–Crippen LogP) is 1.93. The molecule has 3 aromatic rings. The Kier molecular flexibility index (Phi) is 4.01. The SMILES string of the molecule is CS(=O)(=O)N1CCCC(c2cccc(-c3cnc4ncccn34)n2)C1. The van der Waals surface area contributed by atoms with Crippen LogP contribution in [0.1, 0.15) is 24.5 Å². The highest BCUT2D eigenvalue weighted by Crippen LogP contribution is 2.28. The van der Waals surface area contributed by atoms with Gasteiger partial charge < -0.3 is 0 Å². The highest BCUT2D eigenvalue weighted by molar-refractivity contribution is 7.88. The second kappa shape index (κ2) is 6.20. The average molecular weight is 357 g/mol. The van der Waals surface area contributed by atoms with Crippen molar-refractivity contribution in [1.29, 1.82) is 0 Å². The second-order valence-corrected chi connectivity index (χ2v) is 8.32. The zero-order valence-electron chi connectivity index (χ0n) is 13.9. The summed E-state index contributed by atoms with van der Waals surface area (Å²) in [5.74, 6) is 0.742. The molecule has 25 heavy (non-hydrogen) atoms. The molecule has 0 spiro atoms. The molecule has 4 heterocycles. The molecule has 130 valence electrons. The molecule has 7 nitrogen and oxygen atoms in total. The van der Waals surface area contributed by atoms with Gasteiger partial charge in [-0.15, -0.1) is 0 Å². The maximum absolute atomic E-state index is 11.9. The molecule has 0 N–H and O–H groups in total. The largest absolute Gasteiger partial charge is 0.282 e. The number of imidazole rings is 1. The zero-order valence-corrected chi connectivity index (χ0v) is 14.7. The molecule has 0 aromatic carbocycles. The lowest BCUT2D eigenvalue weighted by atomic mass is 9.95. The van der Waals surface area contributed by atoms with Gasteiger partial charge in [0.15, 0.2) is 0 Å². The Labute approximate surface area is 146 Å². The molecular formula is C17H19N5O2S. The van der Waals surface area contributed by atoms with E-state index >= 15 is 0 Å². The number of pyridine rings is 1. The minimum Gasteiger partial charge on any atom is -0.282 e. The maximum atomic E-state index is 11.9. The summed E-state index contributed by atoms with van der Waals surface area (Å²) in [4.78, 5) is 13.3. The molecule has 0 radical (unpaired) electrons. The number of sulfonamides is 1. The van der Waals surface area contributed by atoms with Gasteiger partial charge in [-0.2, -0.15) is 0 Å². The van der Waals surface area contributed by atoms with Crippen molar-refractivity contribution in [3.63, 3.8) is 0 Å². The maximum Gasteiger partial charge on any atom is 0.234 e. The Bertz CT molecular complexity index is 1010. The lowest BCUT2D eigenvalue weighted by Gasteiger charge is -2.30. The van der Waals surface area contributed by atoms with Crippen LogP contribution >= 0.6 is 0 Å². The van der Waals surface area contributed by atoms with Crippen LogP contribution in [-0.4, -0.2) is 51.4 Å². The van der Waals surface area contributed by atoms with E-state index in [0.29, 0.717) is 18.9 Å². The Balaban J connectivity index is 1.68. The number of nitrogens with zero attached hydrogens (tertiary/aromatic N) is 5. The molecule has 1 fully saturated rings. The number of fused-ring (bicyclic) bond motifs is 1. The Morgan fingerprint density at radius 1 is 1.20 bits per heavy atom. The topological polar surface area (TPSA) is 80.5 Å². The highest BCUT2D eigenvalue weighted by Gasteiger charge is 2.27. The van der Waals surface area contributed by atoms with Crippen molar-refractivity contribution in [2.45, 2.75) is 18.8 Å². The van der Waals surface area contributed by atoms with Crippen LogP contribution in [0.15, 0.2) is 42.9 Å². The molecule has 1 saturated heterocycles. The van der Waals surface area contributed by atoms with Crippen LogP contribution in [0.25, 0.3) is 17.2 Å². The van der Waals surface area contributed by atoms with Gasteiger partial charge in [0.1, 0.15) is 0 Å². The molecule has 8 heteroatoms. The van der Waals surface area contributed by atoms with E-state index in [4.69, 9.17) is 4.98 Å². The normalized spacial score (nSPS) is 19.3. The number of rotatable bonds is 3. The smallest absolute Gasteiger partial charge is 0.234 e. The first kappa shape index (κ1) is 16.2. The quantitative estimate of drug-likeness (QED) is 0.715. The van der Waals surface area contributed by atoms with Crippen molar-refractivity contribution in [3.05, 3.63) is 48.5 Å². The van der Waals surface area contributed by atoms with E-state index in [-0.39, 0.29) is 5.92 Å². The van der Waals surface area contributed by atoms with Gasteiger partial charge in [-0.05, 0) is 31.0 Å². The average Bonchev–Trinajstić information content (AvgIpc) is 3.05. The third-order valence-corrected chi connectivity index (χ3v) is 5.86. The van der Waals surface area contributed by atoms with Crippen molar-refractivity contribution in [2.75, 3.05) is 19.3 Å². The van der Waals surface area contributed by atoms with E-state index in [9.17, 15) is 8.42 Å². The molecule has 1 aliphatic rings. The second-order valence-electron chi connectivity index (χ2n) is 6.34. The van der Waals surface area contributed by atoms with E-state index in [2.05, 4.69) is 9.97 Å². The van der Waals surface area contributed by atoms with E-state index in [1.807, 2.05) is 34.9 Å².